The van der Waals surface area contributed by atoms with Crippen LogP contribution in [0.5, 0.6) is 0 Å². The molecule has 0 radical (unpaired) electrons. The molecule has 0 bridgehead atoms. The second kappa shape index (κ2) is 8.76. The van der Waals surface area contributed by atoms with Gasteiger partial charge in [-0.25, -0.2) is 4.39 Å². The first-order valence-corrected chi connectivity index (χ1v) is 10.5. The Hall–Kier alpha value is -2.69. The van der Waals surface area contributed by atoms with E-state index in [0.717, 1.165) is 24.0 Å². The van der Waals surface area contributed by atoms with E-state index in [4.69, 9.17) is 0 Å². The summed E-state index contributed by atoms with van der Waals surface area (Å²) in [5.74, 6) is 0.404. The van der Waals surface area contributed by atoms with Gasteiger partial charge in [-0.2, -0.15) is 0 Å². The van der Waals surface area contributed by atoms with Crippen molar-refractivity contribution in [1.82, 2.24) is 9.80 Å². The number of hydrogen-bond acceptors (Lipinski definition) is 2. The number of halogens is 1. The summed E-state index contributed by atoms with van der Waals surface area (Å²) in [7, 11) is 0. The molecule has 0 N–H and O–H groups in total. The molecule has 1 saturated carbocycles. The molecule has 0 aromatic heterocycles. The van der Waals surface area contributed by atoms with E-state index in [-0.39, 0.29) is 23.5 Å². The summed E-state index contributed by atoms with van der Waals surface area (Å²) in [6, 6.07) is 16.5. The first-order valence-electron chi connectivity index (χ1n) is 10.5. The van der Waals surface area contributed by atoms with E-state index in [9.17, 15) is 14.0 Å². The van der Waals surface area contributed by atoms with Crippen molar-refractivity contribution >= 4 is 11.8 Å². The molecule has 1 heterocycles. The average molecular weight is 394 g/mol. The normalized spacial score (nSPS) is 17.8. The van der Waals surface area contributed by atoms with Crippen molar-refractivity contribution in [1.29, 1.82) is 0 Å². The van der Waals surface area contributed by atoms with Crippen LogP contribution in [-0.4, -0.2) is 47.8 Å². The Morgan fingerprint density at radius 2 is 1.62 bits per heavy atom. The van der Waals surface area contributed by atoms with Crippen LogP contribution in [0.4, 0.5) is 4.39 Å². The van der Waals surface area contributed by atoms with Gasteiger partial charge in [0.2, 0.25) is 11.8 Å². The quantitative estimate of drug-likeness (QED) is 0.751. The molecule has 2 aliphatic rings. The molecule has 4 nitrogen and oxygen atoms in total. The molecular formula is C24H27FN2O2. The molecule has 1 atom stereocenters. The van der Waals surface area contributed by atoms with E-state index in [1.54, 1.807) is 6.07 Å². The molecule has 5 heteroatoms. The summed E-state index contributed by atoms with van der Waals surface area (Å²) in [4.78, 5) is 29.5. The van der Waals surface area contributed by atoms with Crippen LogP contribution in [0, 0.1) is 11.7 Å². The van der Waals surface area contributed by atoms with Crippen LogP contribution < -0.4 is 0 Å². The van der Waals surface area contributed by atoms with E-state index in [0.29, 0.717) is 44.9 Å². The minimum Gasteiger partial charge on any atom is -0.339 e. The lowest BCUT2D eigenvalue weighted by molar-refractivity contribution is -0.140. The number of piperazine rings is 1. The lowest BCUT2D eigenvalue weighted by Gasteiger charge is -2.36. The highest BCUT2D eigenvalue weighted by atomic mass is 19.1. The number of carbonyl (C=O) groups is 2. The van der Waals surface area contributed by atoms with Gasteiger partial charge in [0, 0.05) is 32.6 Å². The van der Waals surface area contributed by atoms with Gasteiger partial charge in [0.1, 0.15) is 5.82 Å². The van der Waals surface area contributed by atoms with Gasteiger partial charge in [-0.15, -0.1) is 0 Å². The van der Waals surface area contributed by atoms with Crippen LogP contribution in [0.2, 0.25) is 0 Å². The fourth-order valence-electron chi connectivity index (χ4n) is 4.18. The highest BCUT2D eigenvalue weighted by Gasteiger charge is 2.40. The molecule has 1 aliphatic carbocycles. The number of hydrogen-bond donors (Lipinski definition) is 0. The molecule has 1 aliphatic heterocycles. The maximum atomic E-state index is 13.3. The van der Waals surface area contributed by atoms with Crippen LogP contribution in [0.25, 0.3) is 0 Å². The third-order valence-corrected chi connectivity index (χ3v) is 5.98. The minimum atomic E-state index is -0.272. The SMILES string of the molecule is O=C(CCc1cccc(F)c1)N1CCN(C(=O)C(c2ccccc2)C2CC2)CC1. The lowest BCUT2D eigenvalue weighted by atomic mass is 9.92. The van der Waals surface area contributed by atoms with Gasteiger partial charge in [0.05, 0.1) is 5.92 Å². The second-order valence-corrected chi connectivity index (χ2v) is 8.06. The Kier molecular flexibility index (Phi) is 5.93. The highest BCUT2D eigenvalue weighted by Crippen LogP contribution is 2.43. The van der Waals surface area contributed by atoms with Crippen LogP contribution in [0.15, 0.2) is 54.6 Å². The molecule has 4 rings (SSSR count). The van der Waals surface area contributed by atoms with Gasteiger partial charge in [-0.3, -0.25) is 9.59 Å². The molecule has 2 aromatic rings. The van der Waals surface area contributed by atoms with Crippen molar-refractivity contribution in [3.63, 3.8) is 0 Å². The van der Waals surface area contributed by atoms with Gasteiger partial charge in [-0.05, 0) is 48.4 Å². The van der Waals surface area contributed by atoms with Crippen LogP contribution >= 0.6 is 0 Å². The topological polar surface area (TPSA) is 40.6 Å². The summed E-state index contributed by atoms with van der Waals surface area (Å²) in [6.45, 7) is 2.31. The Morgan fingerprint density at radius 3 is 2.28 bits per heavy atom. The Bertz CT molecular complexity index is 858. The summed E-state index contributed by atoms with van der Waals surface area (Å²) >= 11 is 0. The minimum absolute atomic E-state index is 0.0496. The van der Waals surface area contributed by atoms with Crippen LogP contribution in [0.1, 0.15) is 36.3 Å². The summed E-state index contributed by atoms with van der Waals surface area (Å²) in [6.07, 6.45) is 3.13. The molecule has 1 unspecified atom stereocenters. The lowest BCUT2D eigenvalue weighted by Crippen LogP contribution is -2.51. The molecule has 2 aromatic carbocycles. The molecule has 0 spiro atoms. The molecule has 29 heavy (non-hydrogen) atoms. The van der Waals surface area contributed by atoms with Crippen molar-refractivity contribution in [3.8, 4) is 0 Å². The number of benzene rings is 2. The highest BCUT2D eigenvalue weighted by molar-refractivity contribution is 5.85. The third-order valence-electron chi connectivity index (χ3n) is 5.98. The van der Waals surface area contributed by atoms with Crippen molar-refractivity contribution in [2.45, 2.75) is 31.6 Å². The largest absolute Gasteiger partial charge is 0.339 e. The maximum Gasteiger partial charge on any atom is 0.230 e. The Balaban J connectivity index is 1.30. The molecule has 2 amide bonds. The van der Waals surface area contributed by atoms with E-state index in [1.807, 2.05) is 46.2 Å². The van der Waals surface area contributed by atoms with Gasteiger partial charge >= 0.3 is 0 Å². The summed E-state index contributed by atoms with van der Waals surface area (Å²) < 4.78 is 13.3. The van der Waals surface area contributed by atoms with Crippen molar-refractivity contribution in [3.05, 3.63) is 71.5 Å². The molecule has 1 saturated heterocycles. The number of carbonyl (C=O) groups excluding carboxylic acids is 2. The average Bonchev–Trinajstić information content (AvgIpc) is 3.58. The molecule has 2 fully saturated rings. The number of rotatable bonds is 6. The van der Waals surface area contributed by atoms with Gasteiger partial charge in [0.15, 0.2) is 0 Å². The van der Waals surface area contributed by atoms with E-state index < -0.39 is 0 Å². The molecule has 152 valence electrons. The fraction of sp³-hybridized carbons (Fsp3) is 0.417. The van der Waals surface area contributed by atoms with Crippen molar-refractivity contribution in [2.24, 2.45) is 5.92 Å². The fourth-order valence-corrected chi connectivity index (χ4v) is 4.18. The van der Waals surface area contributed by atoms with Crippen LogP contribution in [0.3, 0.4) is 0 Å². The zero-order chi connectivity index (χ0) is 20.2. The van der Waals surface area contributed by atoms with E-state index >= 15 is 0 Å². The third kappa shape index (κ3) is 4.84. The summed E-state index contributed by atoms with van der Waals surface area (Å²) in [5, 5.41) is 0. The first-order chi connectivity index (χ1) is 14.1. The van der Waals surface area contributed by atoms with E-state index in [2.05, 4.69) is 0 Å². The predicted molar refractivity (Wildman–Crippen MR) is 110 cm³/mol. The standard InChI is InChI=1S/C24H27FN2O2/c25-21-8-4-5-18(17-21)9-12-22(28)26-13-15-27(16-14-26)24(29)23(20-10-11-20)19-6-2-1-3-7-19/h1-8,17,20,23H,9-16H2. The smallest absolute Gasteiger partial charge is 0.230 e. The van der Waals surface area contributed by atoms with Crippen LogP contribution in [-0.2, 0) is 16.0 Å². The second-order valence-electron chi connectivity index (χ2n) is 8.06. The number of amides is 2. The van der Waals surface area contributed by atoms with Crippen molar-refractivity contribution in [2.75, 3.05) is 26.2 Å². The number of aryl methyl sites for hydroxylation is 1. The van der Waals surface area contributed by atoms with Gasteiger partial charge in [-0.1, -0.05) is 42.5 Å². The Labute approximate surface area is 171 Å². The van der Waals surface area contributed by atoms with Crippen molar-refractivity contribution < 1.29 is 14.0 Å². The molecular weight excluding hydrogens is 367 g/mol. The van der Waals surface area contributed by atoms with E-state index in [1.165, 1.54) is 12.1 Å². The van der Waals surface area contributed by atoms with Gasteiger partial charge < -0.3 is 9.80 Å². The Morgan fingerprint density at radius 1 is 0.931 bits per heavy atom. The summed E-state index contributed by atoms with van der Waals surface area (Å²) in [5.41, 5.74) is 1.94. The monoisotopic (exact) mass is 394 g/mol. The predicted octanol–water partition coefficient (Wildman–Crippen LogP) is 3.62. The number of nitrogens with zero attached hydrogens (tertiary/aromatic N) is 2. The zero-order valence-electron chi connectivity index (χ0n) is 16.6. The first kappa shape index (κ1) is 19.6. The zero-order valence-corrected chi connectivity index (χ0v) is 16.6. The maximum absolute atomic E-state index is 13.3. The van der Waals surface area contributed by atoms with Gasteiger partial charge in [0.25, 0.3) is 0 Å².